The van der Waals surface area contributed by atoms with Crippen molar-refractivity contribution in [3.63, 3.8) is 0 Å². The van der Waals surface area contributed by atoms with Crippen molar-refractivity contribution in [1.82, 2.24) is 0 Å². The minimum absolute atomic E-state index is 0.00897. The van der Waals surface area contributed by atoms with Crippen molar-refractivity contribution in [3.05, 3.63) is 22.2 Å². The summed E-state index contributed by atoms with van der Waals surface area (Å²) in [6.07, 6.45) is 3.97. The standard InChI is InChI=1S/C18H31Cl2FO2/c1-5-7-9-15(21)16(22)13(19)10-11-14(20)17(23)18(3,4)12-8-6-2/h10-11,15-17,22-23H,5-9,12H2,1-4H3/b13-10?,14-11+. The van der Waals surface area contributed by atoms with Gasteiger partial charge in [0.2, 0.25) is 0 Å². The fourth-order valence-electron chi connectivity index (χ4n) is 2.22. The van der Waals surface area contributed by atoms with Crippen LogP contribution in [0.25, 0.3) is 0 Å². The number of halogens is 3. The predicted molar refractivity (Wildman–Crippen MR) is 97.6 cm³/mol. The molecule has 0 bridgehead atoms. The Morgan fingerprint density at radius 1 is 1.04 bits per heavy atom. The van der Waals surface area contributed by atoms with E-state index < -0.39 is 18.4 Å². The second-order valence-corrected chi connectivity index (χ2v) is 7.57. The minimum atomic E-state index is -1.39. The van der Waals surface area contributed by atoms with E-state index in [-0.39, 0.29) is 21.9 Å². The molecule has 3 unspecified atom stereocenters. The number of alkyl halides is 1. The fraction of sp³-hybridized carbons (Fsp3) is 0.778. The number of unbranched alkanes of at least 4 members (excludes halogenated alkanes) is 2. The molecule has 0 radical (unpaired) electrons. The highest BCUT2D eigenvalue weighted by atomic mass is 35.5. The SMILES string of the molecule is CCCCC(F)C(O)C(Cl)=C/C=C(/Cl)C(O)C(C)(C)CCCC. The highest BCUT2D eigenvalue weighted by molar-refractivity contribution is 6.31. The van der Waals surface area contributed by atoms with Crippen molar-refractivity contribution in [1.29, 1.82) is 0 Å². The maximum Gasteiger partial charge on any atom is 0.131 e. The van der Waals surface area contributed by atoms with Crippen LogP contribution in [0.5, 0.6) is 0 Å². The molecule has 2 nitrogen and oxygen atoms in total. The molecule has 0 spiro atoms. The number of allylic oxidation sites excluding steroid dienone is 2. The van der Waals surface area contributed by atoms with Crippen molar-refractivity contribution in [3.8, 4) is 0 Å². The molecular weight excluding hydrogens is 338 g/mol. The van der Waals surface area contributed by atoms with E-state index in [4.69, 9.17) is 23.2 Å². The highest BCUT2D eigenvalue weighted by Gasteiger charge is 2.29. The van der Waals surface area contributed by atoms with Crippen LogP contribution in [0.1, 0.15) is 66.2 Å². The average Bonchev–Trinajstić information content (AvgIpc) is 2.53. The third-order valence-corrected chi connectivity index (χ3v) is 4.72. The van der Waals surface area contributed by atoms with Gasteiger partial charge in [0.15, 0.2) is 0 Å². The van der Waals surface area contributed by atoms with E-state index in [9.17, 15) is 14.6 Å². The van der Waals surface area contributed by atoms with E-state index >= 15 is 0 Å². The molecule has 0 amide bonds. The van der Waals surface area contributed by atoms with Gasteiger partial charge in [-0.05, 0) is 30.4 Å². The van der Waals surface area contributed by atoms with Gasteiger partial charge in [-0.2, -0.15) is 0 Å². The molecule has 5 heteroatoms. The van der Waals surface area contributed by atoms with Gasteiger partial charge in [-0.3, -0.25) is 0 Å². The molecule has 0 fully saturated rings. The molecule has 2 N–H and O–H groups in total. The van der Waals surface area contributed by atoms with Crippen molar-refractivity contribution in [2.24, 2.45) is 5.41 Å². The lowest BCUT2D eigenvalue weighted by atomic mass is 9.81. The van der Waals surface area contributed by atoms with E-state index in [2.05, 4.69) is 6.92 Å². The van der Waals surface area contributed by atoms with E-state index in [1.165, 1.54) is 12.2 Å². The van der Waals surface area contributed by atoms with Crippen molar-refractivity contribution < 1.29 is 14.6 Å². The normalized spacial score (nSPS) is 18.0. The third kappa shape index (κ3) is 8.53. The summed E-state index contributed by atoms with van der Waals surface area (Å²) in [7, 11) is 0. The van der Waals surface area contributed by atoms with Crippen LogP contribution in [-0.4, -0.2) is 28.6 Å². The first-order valence-electron chi connectivity index (χ1n) is 8.40. The molecule has 0 rings (SSSR count). The summed E-state index contributed by atoms with van der Waals surface area (Å²) >= 11 is 12.1. The Kier molecular flexibility index (Phi) is 11.4. The third-order valence-electron chi connectivity index (χ3n) is 4.04. The molecule has 136 valence electrons. The first-order valence-corrected chi connectivity index (χ1v) is 9.15. The summed E-state index contributed by atoms with van der Waals surface area (Å²) in [5, 5.41) is 20.4. The number of aliphatic hydroxyl groups excluding tert-OH is 2. The molecule has 0 aromatic heterocycles. The molecule has 23 heavy (non-hydrogen) atoms. The zero-order valence-electron chi connectivity index (χ0n) is 14.7. The summed E-state index contributed by atoms with van der Waals surface area (Å²) in [5.74, 6) is 0. The Bertz CT molecular complexity index is 394. The lowest BCUT2D eigenvalue weighted by Gasteiger charge is -2.30. The summed E-state index contributed by atoms with van der Waals surface area (Å²) in [6.45, 7) is 7.95. The van der Waals surface area contributed by atoms with Crippen LogP contribution in [0.4, 0.5) is 4.39 Å². The molecule has 3 atom stereocenters. The van der Waals surface area contributed by atoms with Crippen molar-refractivity contribution >= 4 is 23.2 Å². The monoisotopic (exact) mass is 368 g/mol. The zero-order chi connectivity index (χ0) is 18.0. The van der Waals surface area contributed by atoms with E-state index in [0.29, 0.717) is 6.42 Å². The molecule has 0 saturated heterocycles. The number of aliphatic hydroxyl groups is 2. The summed E-state index contributed by atoms with van der Waals surface area (Å²) in [5.41, 5.74) is -0.355. The van der Waals surface area contributed by atoms with Gasteiger partial charge < -0.3 is 10.2 Å². The van der Waals surface area contributed by atoms with Crippen LogP contribution in [0.2, 0.25) is 0 Å². The number of rotatable bonds is 11. The number of hydrogen-bond donors (Lipinski definition) is 2. The topological polar surface area (TPSA) is 40.5 Å². The molecule has 0 saturated carbocycles. The van der Waals surface area contributed by atoms with Crippen molar-refractivity contribution in [2.45, 2.75) is 84.6 Å². The Morgan fingerprint density at radius 3 is 2.09 bits per heavy atom. The van der Waals surface area contributed by atoms with Crippen LogP contribution in [0.3, 0.4) is 0 Å². The van der Waals surface area contributed by atoms with Gasteiger partial charge in [-0.1, -0.05) is 76.6 Å². The first kappa shape index (κ1) is 22.9. The summed E-state index contributed by atoms with van der Waals surface area (Å²) in [4.78, 5) is 0. The molecule has 0 aliphatic carbocycles. The summed E-state index contributed by atoms with van der Waals surface area (Å²) in [6, 6.07) is 0. The summed E-state index contributed by atoms with van der Waals surface area (Å²) < 4.78 is 13.8. The lowest BCUT2D eigenvalue weighted by Crippen LogP contribution is -2.29. The highest BCUT2D eigenvalue weighted by Crippen LogP contribution is 2.33. The Balaban J connectivity index is 4.82. The van der Waals surface area contributed by atoms with E-state index in [1.54, 1.807) is 0 Å². The minimum Gasteiger partial charge on any atom is -0.387 e. The molecule has 0 aliphatic rings. The fourth-order valence-corrected chi connectivity index (χ4v) is 2.78. The van der Waals surface area contributed by atoms with E-state index in [1.807, 2.05) is 20.8 Å². The van der Waals surface area contributed by atoms with Crippen molar-refractivity contribution in [2.75, 3.05) is 0 Å². The zero-order valence-corrected chi connectivity index (χ0v) is 16.2. The lowest BCUT2D eigenvalue weighted by molar-refractivity contribution is 0.0778. The van der Waals surface area contributed by atoms with Gasteiger partial charge in [0, 0.05) is 10.1 Å². The van der Waals surface area contributed by atoms with Gasteiger partial charge >= 0.3 is 0 Å². The van der Waals surface area contributed by atoms with Crippen LogP contribution in [-0.2, 0) is 0 Å². The van der Waals surface area contributed by atoms with Crippen LogP contribution < -0.4 is 0 Å². The van der Waals surface area contributed by atoms with E-state index in [0.717, 1.165) is 25.7 Å². The number of hydrogen-bond acceptors (Lipinski definition) is 2. The smallest absolute Gasteiger partial charge is 0.131 e. The van der Waals surface area contributed by atoms with Gasteiger partial charge in [0.1, 0.15) is 12.3 Å². The van der Waals surface area contributed by atoms with Gasteiger partial charge in [0.25, 0.3) is 0 Å². The largest absolute Gasteiger partial charge is 0.387 e. The second kappa shape index (κ2) is 11.5. The Morgan fingerprint density at radius 2 is 1.57 bits per heavy atom. The second-order valence-electron chi connectivity index (χ2n) is 6.70. The van der Waals surface area contributed by atoms with Gasteiger partial charge in [-0.15, -0.1) is 0 Å². The van der Waals surface area contributed by atoms with Gasteiger partial charge in [0.05, 0.1) is 6.10 Å². The molecule has 0 aliphatic heterocycles. The van der Waals surface area contributed by atoms with Gasteiger partial charge in [-0.25, -0.2) is 4.39 Å². The Labute approximate surface area is 150 Å². The first-order chi connectivity index (χ1) is 10.7. The quantitative estimate of drug-likeness (QED) is 0.459. The van der Waals surface area contributed by atoms with Crippen LogP contribution >= 0.6 is 23.2 Å². The molecule has 0 heterocycles. The van der Waals surface area contributed by atoms with Crippen LogP contribution in [0.15, 0.2) is 22.2 Å². The Hall–Kier alpha value is -0.0900. The predicted octanol–water partition coefficient (Wildman–Crippen LogP) is 5.70. The molecule has 0 aromatic carbocycles. The average molecular weight is 369 g/mol. The van der Waals surface area contributed by atoms with Crippen LogP contribution in [0, 0.1) is 5.41 Å². The maximum atomic E-state index is 13.8. The maximum absolute atomic E-state index is 13.8. The molecule has 0 aromatic rings. The molecular formula is C18H31Cl2FO2.